The molecule has 0 radical (unpaired) electrons. The maximum atomic E-state index is 13.4. The first kappa shape index (κ1) is 18.0. The molecule has 3 rings (SSSR count). The second-order valence-corrected chi connectivity index (χ2v) is 5.55. The fourth-order valence-electron chi connectivity index (χ4n) is 2.45. The maximum absolute atomic E-state index is 13.4. The highest BCUT2D eigenvalue weighted by Crippen LogP contribution is 2.23. The predicted octanol–water partition coefficient (Wildman–Crippen LogP) is 6.00. The Labute approximate surface area is 148 Å². The van der Waals surface area contributed by atoms with Crippen molar-refractivity contribution >= 4 is 23.3 Å². The third kappa shape index (κ3) is 4.34. The summed E-state index contributed by atoms with van der Waals surface area (Å²) in [6, 6.07) is 14.6. The van der Waals surface area contributed by atoms with Crippen LogP contribution in [0.5, 0.6) is 0 Å². The van der Waals surface area contributed by atoms with Gasteiger partial charge in [-0.25, -0.2) is 4.39 Å². The molecule has 3 aromatic rings. The molecule has 122 valence electrons. The molecule has 0 bridgehead atoms. The van der Waals surface area contributed by atoms with E-state index in [0.717, 1.165) is 46.9 Å². The Morgan fingerprint density at radius 2 is 1.92 bits per heavy atom. The van der Waals surface area contributed by atoms with Gasteiger partial charge in [0.15, 0.2) is 0 Å². The fourth-order valence-corrected chi connectivity index (χ4v) is 2.45. The van der Waals surface area contributed by atoms with Crippen LogP contribution in [0.2, 0.25) is 0 Å². The molecule has 0 N–H and O–H groups in total. The summed E-state index contributed by atoms with van der Waals surface area (Å²) in [5.74, 6) is 6.14. The van der Waals surface area contributed by atoms with Crippen LogP contribution >= 0.6 is 12.4 Å². The van der Waals surface area contributed by atoms with E-state index in [9.17, 15) is 4.39 Å². The monoisotopic (exact) mass is 339 g/mol. The Morgan fingerprint density at radius 1 is 1.04 bits per heavy atom. The lowest BCUT2D eigenvalue weighted by molar-refractivity contribution is 0.628. The molecule has 1 aromatic heterocycles. The molecule has 0 atom stereocenters. The van der Waals surface area contributed by atoms with Crippen molar-refractivity contribution in [1.82, 2.24) is 4.98 Å². The molecule has 2 aromatic carbocycles. The standard InChI is InChI=1S/C21H18FN.ClH/c1-2-3-4-5-7-16-10-11-18-13-19(15-23-21(18)12-16)17-8-6-9-20(22)14-17;/h6,8-15H,2-4H2,1H3;1H. The molecule has 0 aliphatic heterocycles. The highest BCUT2D eigenvalue weighted by atomic mass is 35.5. The normalized spacial score (nSPS) is 9.92. The van der Waals surface area contributed by atoms with E-state index in [1.807, 2.05) is 30.3 Å². The summed E-state index contributed by atoms with van der Waals surface area (Å²) in [6.07, 6.45) is 5.01. The summed E-state index contributed by atoms with van der Waals surface area (Å²) in [5.41, 5.74) is 3.65. The summed E-state index contributed by atoms with van der Waals surface area (Å²) in [4.78, 5) is 4.50. The third-order valence-corrected chi connectivity index (χ3v) is 3.73. The Balaban J connectivity index is 0.00000208. The second kappa shape index (κ2) is 8.47. The van der Waals surface area contributed by atoms with Gasteiger partial charge < -0.3 is 0 Å². The zero-order valence-electron chi connectivity index (χ0n) is 13.6. The average Bonchev–Trinajstić information content (AvgIpc) is 2.58. The molecule has 0 aliphatic carbocycles. The van der Waals surface area contributed by atoms with Crippen LogP contribution in [0.1, 0.15) is 31.7 Å². The Bertz CT molecular complexity index is 893. The SMILES string of the molecule is CCCCC#Cc1ccc2cc(-c3cccc(F)c3)cnc2c1.Cl. The Kier molecular flexibility index (Phi) is 6.35. The van der Waals surface area contributed by atoms with E-state index in [1.54, 1.807) is 12.3 Å². The number of rotatable bonds is 3. The lowest BCUT2D eigenvalue weighted by Crippen LogP contribution is -1.85. The fraction of sp³-hybridized carbons (Fsp3) is 0.190. The van der Waals surface area contributed by atoms with Gasteiger partial charge in [0.2, 0.25) is 0 Å². The van der Waals surface area contributed by atoms with E-state index in [1.165, 1.54) is 12.1 Å². The van der Waals surface area contributed by atoms with Crippen molar-refractivity contribution < 1.29 is 4.39 Å². The summed E-state index contributed by atoms with van der Waals surface area (Å²) < 4.78 is 13.4. The third-order valence-electron chi connectivity index (χ3n) is 3.73. The van der Waals surface area contributed by atoms with Gasteiger partial charge in [0.25, 0.3) is 0 Å². The van der Waals surface area contributed by atoms with Crippen molar-refractivity contribution in [3.05, 3.63) is 66.1 Å². The smallest absolute Gasteiger partial charge is 0.123 e. The summed E-state index contributed by atoms with van der Waals surface area (Å²) in [7, 11) is 0. The molecule has 0 spiro atoms. The second-order valence-electron chi connectivity index (χ2n) is 5.55. The van der Waals surface area contributed by atoms with E-state index in [0.29, 0.717) is 0 Å². The molecule has 0 amide bonds. The first-order valence-corrected chi connectivity index (χ1v) is 7.91. The van der Waals surface area contributed by atoms with E-state index >= 15 is 0 Å². The van der Waals surface area contributed by atoms with Gasteiger partial charge in [0.1, 0.15) is 5.82 Å². The van der Waals surface area contributed by atoms with Crippen molar-refractivity contribution in [3.8, 4) is 23.0 Å². The number of benzene rings is 2. The van der Waals surface area contributed by atoms with Gasteiger partial charge in [0.05, 0.1) is 5.52 Å². The van der Waals surface area contributed by atoms with Crippen molar-refractivity contribution in [1.29, 1.82) is 0 Å². The number of hydrogen-bond acceptors (Lipinski definition) is 1. The molecule has 24 heavy (non-hydrogen) atoms. The number of pyridine rings is 1. The van der Waals surface area contributed by atoms with Crippen molar-refractivity contribution in [2.45, 2.75) is 26.2 Å². The van der Waals surface area contributed by atoms with Crippen molar-refractivity contribution in [2.24, 2.45) is 0 Å². The highest BCUT2D eigenvalue weighted by molar-refractivity contribution is 5.85. The number of nitrogens with zero attached hydrogens (tertiary/aromatic N) is 1. The van der Waals surface area contributed by atoms with E-state index in [2.05, 4.69) is 23.7 Å². The lowest BCUT2D eigenvalue weighted by atomic mass is 10.0. The van der Waals surface area contributed by atoms with E-state index in [4.69, 9.17) is 0 Å². The van der Waals surface area contributed by atoms with Crippen LogP contribution in [-0.2, 0) is 0 Å². The Hall–Kier alpha value is -2.37. The molecule has 3 heteroatoms. The van der Waals surface area contributed by atoms with Gasteiger partial charge in [-0.3, -0.25) is 4.98 Å². The molecule has 0 saturated carbocycles. The van der Waals surface area contributed by atoms with Crippen molar-refractivity contribution in [2.75, 3.05) is 0 Å². The molecular weight excluding hydrogens is 321 g/mol. The minimum absolute atomic E-state index is 0. The number of halogens is 2. The summed E-state index contributed by atoms with van der Waals surface area (Å²) in [5, 5.41) is 1.03. The molecule has 0 saturated heterocycles. The highest BCUT2D eigenvalue weighted by Gasteiger charge is 2.02. The largest absolute Gasteiger partial charge is 0.256 e. The van der Waals surface area contributed by atoms with Crippen LogP contribution in [-0.4, -0.2) is 4.98 Å². The van der Waals surface area contributed by atoms with E-state index in [-0.39, 0.29) is 18.2 Å². The topological polar surface area (TPSA) is 12.9 Å². The van der Waals surface area contributed by atoms with Crippen LogP contribution in [0.15, 0.2) is 54.7 Å². The number of unbranched alkanes of at least 4 members (excludes halogenated alkanes) is 2. The van der Waals surface area contributed by atoms with Crippen molar-refractivity contribution in [3.63, 3.8) is 0 Å². The summed E-state index contributed by atoms with van der Waals surface area (Å²) in [6.45, 7) is 2.16. The van der Waals surface area contributed by atoms with Crippen LogP contribution in [0.3, 0.4) is 0 Å². The van der Waals surface area contributed by atoms with Gasteiger partial charge in [-0.05, 0) is 42.3 Å². The zero-order chi connectivity index (χ0) is 16.1. The van der Waals surface area contributed by atoms with Crippen LogP contribution in [0, 0.1) is 17.7 Å². The molecule has 1 nitrogen and oxygen atoms in total. The first-order valence-electron chi connectivity index (χ1n) is 7.91. The van der Waals surface area contributed by atoms with E-state index < -0.39 is 0 Å². The van der Waals surface area contributed by atoms with Gasteiger partial charge in [-0.15, -0.1) is 12.4 Å². The molecule has 0 unspecified atom stereocenters. The molecule has 0 fully saturated rings. The minimum Gasteiger partial charge on any atom is -0.256 e. The number of fused-ring (bicyclic) bond motifs is 1. The van der Waals surface area contributed by atoms with Gasteiger partial charge >= 0.3 is 0 Å². The molecule has 0 aliphatic rings. The Morgan fingerprint density at radius 3 is 2.71 bits per heavy atom. The first-order chi connectivity index (χ1) is 11.3. The molecule has 1 heterocycles. The van der Waals surface area contributed by atoms with Gasteiger partial charge in [-0.2, -0.15) is 0 Å². The van der Waals surface area contributed by atoms with Gasteiger partial charge in [-0.1, -0.05) is 43.4 Å². The molecular formula is C21H19ClFN. The van der Waals surface area contributed by atoms with Crippen LogP contribution < -0.4 is 0 Å². The quantitative estimate of drug-likeness (QED) is 0.421. The van der Waals surface area contributed by atoms with Crippen LogP contribution in [0.25, 0.3) is 22.0 Å². The minimum atomic E-state index is -0.236. The number of hydrogen-bond donors (Lipinski definition) is 0. The average molecular weight is 340 g/mol. The number of aromatic nitrogens is 1. The van der Waals surface area contributed by atoms with Crippen LogP contribution in [0.4, 0.5) is 4.39 Å². The van der Waals surface area contributed by atoms with Gasteiger partial charge in [0, 0.05) is 29.1 Å². The zero-order valence-corrected chi connectivity index (χ0v) is 14.4. The lowest BCUT2D eigenvalue weighted by Gasteiger charge is -2.04. The summed E-state index contributed by atoms with van der Waals surface area (Å²) >= 11 is 0. The maximum Gasteiger partial charge on any atom is 0.123 e. The predicted molar refractivity (Wildman–Crippen MR) is 101 cm³/mol.